The predicted molar refractivity (Wildman–Crippen MR) is 118 cm³/mol. The Morgan fingerprint density at radius 2 is 1.97 bits per heavy atom. The molecule has 7 rings (SSSR count). The van der Waals surface area contributed by atoms with Gasteiger partial charge in [0.05, 0.1) is 5.60 Å². The van der Waals surface area contributed by atoms with E-state index in [9.17, 15) is 15.5 Å². The number of hydrogen-bond donors (Lipinski definition) is 2. The summed E-state index contributed by atoms with van der Waals surface area (Å²) in [5.74, 6) is 0.653. The summed E-state index contributed by atoms with van der Waals surface area (Å²) < 4.78 is 13.2. The number of nitriles is 1. The number of likely N-dealkylation sites (tertiary alicyclic amines) is 1. The molecule has 2 spiro atoms. The van der Waals surface area contributed by atoms with Crippen LogP contribution in [0.1, 0.15) is 64.5 Å². The van der Waals surface area contributed by atoms with Gasteiger partial charge in [-0.2, -0.15) is 5.26 Å². The zero-order valence-electron chi connectivity index (χ0n) is 19.7. The minimum atomic E-state index is -0.996. The van der Waals surface area contributed by atoms with Crippen LogP contribution in [0.3, 0.4) is 0 Å². The van der Waals surface area contributed by atoms with E-state index in [1.807, 2.05) is 17.9 Å². The maximum atomic E-state index is 12.0. The number of piperidine rings is 1. The number of fused-ring (bicyclic) bond motifs is 2. The largest absolute Gasteiger partial charge is 0.504 e. The van der Waals surface area contributed by atoms with E-state index in [0.29, 0.717) is 12.3 Å². The van der Waals surface area contributed by atoms with E-state index in [0.717, 1.165) is 37.7 Å². The van der Waals surface area contributed by atoms with Crippen molar-refractivity contribution in [1.82, 2.24) is 4.90 Å². The Labute approximate surface area is 190 Å². The number of phenolic OH excluding ortho intramolecular Hbond substituents is 1. The second-order valence-corrected chi connectivity index (χ2v) is 12.1. The fourth-order valence-corrected chi connectivity index (χ4v) is 8.76. The first kappa shape index (κ1) is 20.6. The van der Waals surface area contributed by atoms with Crippen LogP contribution in [0.5, 0.6) is 11.5 Å². The third-order valence-electron chi connectivity index (χ3n) is 10.7. The van der Waals surface area contributed by atoms with E-state index >= 15 is 0 Å². The summed E-state index contributed by atoms with van der Waals surface area (Å²) in [7, 11) is 1.76. The first-order valence-corrected chi connectivity index (χ1v) is 12.0. The second kappa shape index (κ2) is 5.74. The number of rotatable bonds is 2. The lowest BCUT2D eigenvalue weighted by Gasteiger charge is -2.75. The summed E-state index contributed by atoms with van der Waals surface area (Å²) in [6.07, 6.45) is 6.31. The lowest BCUT2D eigenvalue weighted by molar-refractivity contribution is -0.309. The SMILES string of the molecule is COC12CC[C@@]3(CC1C(C)(O)C(C)(C)C)C1Cc4ccc(O)c5c4C3(CCN1C#N)C2O5. The topological polar surface area (TPSA) is 86.0 Å². The Morgan fingerprint density at radius 3 is 2.62 bits per heavy atom. The van der Waals surface area contributed by atoms with Crippen molar-refractivity contribution in [3.8, 4) is 17.7 Å². The smallest absolute Gasteiger partial charge is 0.179 e. The third kappa shape index (κ3) is 1.89. The summed E-state index contributed by atoms with van der Waals surface area (Å²) >= 11 is 0. The summed E-state index contributed by atoms with van der Waals surface area (Å²) in [6.45, 7) is 8.90. The molecule has 32 heavy (non-hydrogen) atoms. The number of aromatic hydroxyl groups is 1. The number of nitrogens with zero attached hydrogens (tertiary/aromatic N) is 2. The van der Waals surface area contributed by atoms with Crippen LogP contribution < -0.4 is 4.74 Å². The van der Waals surface area contributed by atoms with Crippen molar-refractivity contribution >= 4 is 0 Å². The molecule has 172 valence electrons. The Hall–Kier alpha value is -1.97. The molecular weight excluding hydrogens is 404 g/mol. The van der Waals surface area contributed by atoms with Crippen LogP contribution in [0.25, 0.3) is 0 Å². The molecule has 6 heteroatoms. The van der Waals surface area contributed by atoms with E-state index in [1.54, 1.807) is 13.2 Å². The molecule has 3 saturated carbocycles. The van der Waals surface area contributed by atoms with Crippen LogP contribution in [-0.2, 0) is 16.6 Å². The number of methoxy groups -OCH3 is 1. The summed E-state index contributed by atoms with van der Waals surface area (Å²) in [5, 5.41) is 32.9. The predicted octanol–water partition coefficient (Wildman–Crippen LogP) is 3.48. The third-order valence-corrected chi connectivity index (χ3v) is 10.7. The minimum absolute atomic E-state index is 0.0729. The highest BCUT2D eigenvalue weighted by Crippen LogP contribution is 2.77. The first-order chi connectivity index (χ1) is 15.0. The zero-order chi connectivity index (χ0) is 22.9. The monoisotopic (exact) mass is 438 g/mol. The molecule has 4 fully saturated rings. The van der Waals surface area contributed by atoms with Crippen molar-refractivity contribution in [3.63, 3.8) is 0 Å². The molecule has 0 aromatic heterocycles. The van der Waals surface area contributed by atoms with E-state index in [2.05, 4.69) is 27.0 Å². The molecule has 4 aliphatic carbocycles. The van der Waals surface area contributed by atoms with Gasteiger partial charge in [0.15, 0.2) is 17.7 Å². The number of phenols is 1. The van der Waals surface area contributed by atoms with Crippen molar-refractivity contribution < 1.29 is 19.7 Å². The molecule has 6 nitrogen and oxygen atoms in total. The van der Waals surface area contributed by atoms with Crippen LogP contribution in [0.4, 0.5) is 0 Å². The maximum Gasteiger partial charge on any atom is 0.179 e. The Morgan fingerprint density at radius 1 is 1.22 bits per heavy atom. The fourth-order valence-electron chi connectivity index (χ4n) is 8.76. The molecular formula is C26H34N2O4. The number of benzene rings is 1. The van der Waals surface area contributed by atoms with Gasteiger partial charge < -0.3 is 24.6 Å². The van der Waals surface area contributed by atoms with Gasteiger partial charge in [-0.15, -0.1) is 0 Å². The van der Waals surface area contributed by atoms with Crippen molar-refractivity contribution in [2.75, 3.05) is 13.7 Å². The Kier molecular flexibility index (Phi) is 3.70. The quantitative estimate of drug-likeness (QED) is 0.688. The molecule has 7 atom stereocenters. The average molecular weight is 439 g/mol. The summed E-state index contributed by atoms with van der Waals surface area (Å²) in [4.78, 5) is 1.99. The zero-order valence-corrected chi connectivity index (χ0v) is 19.7. The van der Waals surface area contributed by atoms with Crippen molar-refractivity contribution in [1.29, 1.82) is 5.26 Å². The van der Waals surface area contributed by atoms with E-state index < -0.39 is 11.2 Å². The van der Waals surface area contributed by atoms with Crippen LogP contribution in [0.2, 0.25) is 0 Å². The van der Waals surface area contributed by atoms with Crippen LogP contribution >= 0.6 is 0 Å². The van der Waals surface area contributed by atoms with Gasteiger partial charge in [-0.3, -0.25) is 0 Å². The van der Waals surface area contributed by atoms with Gasteiger partial charge in [0.25, 0.3) is 0 Å². The van der Waals surface area contributed by atoms with Gasteiger partial charge in [-0.25, -0.2) is 0 Å². The highest BCUT2D eigenvalue weighted by Gasteiger charge is 2.82. The molecule has 2 aliphatic heterocycles. The summed E-state index contributed by atoms with van der Waals surface area (Å²) in [6, 6.07) is 3.83. The molecule has 1 aromatic carbocycles. The van der Waals surface area contributed by atoms with Gasteiger partial charge in [0.2, 0.25) is 0 Å². The Balaban J connectivity index is 1.66. The normalized spacial score (nSPS) is 42.7. The van der Waals surface area contributed by atoms with E-state index in [-0.39, 0.29) is 40.1 Å². The molecule has 2 heterocycles. The minimum Gasteiger partial charge on any atom is -0.504 e. The highest BCUT2D eigenvalue weighted by atomic mass is 16.6. The van der Waals surface area contributed by atoms with E-state index in [1.165, 1.54) is 5.56 Å². The van der Waals surface area contributed by atoms with Gasteiger partial charge in [0.1, 0.15) is 11.7 Å². The van der Waals surface area contributed by atoms with Crippen LogP contribution in [0, 0.1) is 28.2 Å². The van der Waals surface area contributed by atoms with Gasteiger partial charge in [-0.1, -0.05) is 26.8 Å². The number of hydrogen-bond acceptors (Lipinski definition) is 6. The molecule has 0 radical (unpaired) electrons. The average Bonchev–Trinajstić information content (AvgIpc) is 3.11. The lowest BCUT2D eigenvalue weighted by Crippen LogP contribution is -2.83. The first-order valence-electron chi connectivity index (χ1n) is 12.0. The number of ether oxygens (including phenoxy) is 2. The Bertz CT molecular complexity index is 1060. The van der Waals surface area contributed by atoms with E-state index in [4.69, 9.17) is 9.47 Å². The highest BCUT2D eigenvalue weighted by molar-refractivity contribution is 5.63. The van der Waals surface area contributed by atoms with Crippen molar-refractivity contribution in [2.45, 2.75) is 88.6 Å². The molecule has 1 saturated heterocycles. The molecule has 4 bridgehead atoms. The number of aliphatic hydroxyl groups is 1. The molecule has 6 unspecified atom stereocenters. The fraction of sp³-hybridized carbons (Fsp3) is 0.731. The molecule has 6 aliphatic rings. The summed E-state index contributed by atoms with van der Waals surface area (Å²) in [5.41, 5.74) is -0.159. The molecule has 2 N–H and O–H groups in total. The van der Waals surface area contributed by atoms with Crippen molar-refractivity contribution in [3.05, 3.63) is 23.3 Å². The van der Waals surface area contributed by atoms with Crippen LogP contribution in [0.15, 0.2) is 12.1 Å². The van der Waals surface area contributed by atoms with Crippen LogP contribution in [-0.4, -0.2) is 52.1 Å². The van der Waals surface area contributed by atoms with Gasteiger partial charge in [0, 0.05) is 42.0 Å². The van der Waals surface area contributed by atoms with Crippen molar-refractivity contribution in [2.24, 2.45) is 16.7 Å². The molecule has 0 amide bonds. The standard InChI is InChI=1S/C26H34N2O4/c1-22(2,3)23(4,30)17-13-24-8-9-26(17,31-5)21-25(24)10-11-28(14-27)18(24)12-15-6-7-16(29)20(32-21)19(15)25/h6-7,17-18,21,29-30H,8-13H2,1-5H3/t17?,18?,21?,23?,24-,25?,26?/m1/s1. The van der Waals surface area contributed by atoms with Gasteiger partial charge in [-0.05, 0) is 56.1 Å². The van der Waals surface area contributed by atoms with Gasteiger partial charge >= 0.3 is 0 Å². The lowest BCUT2D eigenvalue weighted by atomic mass is 9.33. The molecule has 1 aromatic rings. The second-order valence-electron chi connectivity index (χ2n) is 12.1. The maximum absolute atomic E-state index is 12.0.